The van der Waals surface area contributed by atoms with E-state index in [-0.39, 0.29) is 76.7 Å². The van der Waals surface area contributed by atoms with Crippen molar-refractivity contribution in [3.63, 3.8) is 0 Å². The summed E-state index contributed by atoms with van der Waals surface area (Å²) < 4.78 is 0. The molecule has 11 atom stereocenters. The topological polar surface area (TPSA) is 785 Å². The van der Waals surface area contributed by atoms with Crippen LogP contribution in [-0.2, 0) is 20.8 Å². The van der Waals surface area contributed by atoms with E-state index in [9.17, 15) is 127 Å². The molecule has 25 N–H and O–H groups in total. The molecule has 2 amide bonds. The summed E-state index contributed by atoms with van der Waals surface area (Å²) in [6, 6.07) is -4.91. The van der Waals surface area contributed by atoms with E-state index in [0.29, 0.717) is 25.7 Å². The monoisotopic (exact) mass is 2010 g/mol. The summed E-state index contributed by atoms with van der Waals surface area (Å²) in [6.07, 6.45) is -0.811. The van der Waals surface area contributed by atoms with Crippen molar-refractivity contribution in [3.8, 4) is 0 Å². The van der Waals surface area contributed by atoms with E-state index >= 15 is 0 Å². The van der Waals surface area contributed by atoms with Crippen molar-refractivity contribution in [1.82, 2.24) is 15.1 Å². The number of amides is 2. The fourth-order valence-electron chi connectivity index (χ4n) is 14.2. The summed E-state index contributed by atoms with van der Waals surface area (Å²) in [5.41, 5.74) is -13.1. The van der Waals surface area contributed by atoms with Gasteiger partial charge >= 0.3 is 5.97 Å². The van der Waals surface area contributed by atoms with Gasteiger partial charge in [0.05, 0.1) is 12.6 Å². The Morgan fingerprint density at radius 1 is 0.401 bits per heavy atom. The molecule has 0 saturated carbocycles. The number of carbonyl (C=O) groups excluding carboxylic acids is 2. The number of hydrogen-bond acceptors (Lipinski definition) is 25. The predicted octanol–water partition coefficient (Wildman–Crippen LogP) is 12.5. The number of rotatable bonds is 56. The van der Waals surface area contributed by atoms with Gasteiger partial charge in [-0.25, -0.2) is 89.9 Å². The second kappa shape index (κ2) is 53.2. The normalized spacial score (nSPS) is 19.4. The van der Waals surface area contributed by atoms with Gasteiger partial charge in [0.15, 0.2) is 17.7 Å². The van der Waals surface area contributed by atoms with Crippen LogP contribution < -0.4 is 5.32 Å². The molecule has 0 bridgehead atoms. The maximum atomic E-state index is 14.6. The molecule has 0 unspecified atom stereocenters. The number of nitrogens with one attached hydrogen (secondary N) is 3. The van der Waals surface area contributed by atoms with Gasteiger partial charge in [0.2, 0.25) is 100 Å². The average molecular weight is 2010 g/mol. The van der Waals surface area contributed by atoms with E-state index in [1.807, 2.05) is 30.3 Å². The molecule has 2 heterocycles. The minimum absolute atomic E-state index is 0.0426. The maximum absolute atomic E-state index is 14.6. The highest BCUT2D eigenvalue weighted by Gasteiger charge is 2.45. The fraction of sp³-hybridized carbons (Fsp3) is 0.691. The minimum Gasteiger partial charge on any atom is -0.497 e. The first-order valence-corrected chi connectivity index (χ1v) is 46.9. The van der Waals surface area contributed by atoms with E-state index in [1.54, 1.807) is 41.5 Å². The van der Waals surface area contributed by atoms with Crippen molar-refractivity contribution in [3.05, 3.63) is 35.9 Å². The molecule has 48 nitrogen and oxygen atoms in total. The van der Waals surface area contributed by atoms with Crippen LogP contribution in [0.2, 0.25) is 0 Å². The Hall–Kier alpha value is -13.0. The molecule has 0 spiro atoms. The highest BCUT2D eigenvalue weighted by Crippen LogP contribution is 2.31. The second-order valence-corrected chi connectivity index (χ2v) is 40.2. The molecule has 796 valence electrons. The Kier molecular flexibility index (Phi) is 46.1. The number of benzene rings is 1. The van der Waals surface area contributed by atoms with Crippen LogP contribution in [0.15, 0.2) is 120 Å². The number of aliphatic imine (C=N–C) groups is 18. The van der Waals surface area contributed by atoms with Crippen LogP contribution in [0.5, 0.6) is 0 Å². The van der Waals surface area contributed by atoms with Gasteiger partial charge in [0.1, 0.15) is 111 Å². The largest absolute Gasteiger partial charge is 0.497 e. The van der Waals surface area contributed by atoms with Crippen LogP contribution >= 0.6 is 0 Å². The first-order chi connectivity index (χ1) is 65.3. The van der Waals surface area contributed by atoms with Crippen LogP contribution in [0, 0.1) is 28.6 Å². The molecule has 1 aromatic carbocycles. The Labute approximate surface area is 828 Å². The third-order valence-corrected chi connectivity index (χ3v) is 22.5. The molecule has 2 aliphatic rings. The minimum atomic E-state index is -1.90. The molecule has 3 rings (SSSR count). The highest BCUT2D eigenvalue weighted by molar-refractivity contribution is 6.01. The molecule has 1 aromatic rings. The lowest BCUT2D eigenvalue weighted by Crippen LogP contribution is -2.50. The summed E-state index contributed by atoms with van der Waals surface area (Å²) in [6.45, 7) is 35.7. The lowest BCUT2D eigenvalue weighted by molar-refractivity contribution is -0.137. The summed E-state index contributed by atoms with van der Waals surface area (Å²) in [4.78, 5) is 119. The average Bonchev–Trinajstić information content (AvgIpc) is 1.80. The Morgan fingerprint density at radius 2 is 0.789 bits per heavy atom. The van der Waals surface area contributed by atoms with Gasteiger partial charge in [-0.15, -0.1) is 0 Å². The van der Waals surface area contributed by atoms with Crippen molar-refractivity contribution in [2.45, 2.75) is 361 Å². The lowest BCUT2D eigenvalue weighted by atomic mass is 10.0. The van der Waals surface area contributed by atoms with Crippen molar-refractivity contribution in [1.29, 1.82) is 10.8 Å². The summed E-state index contributed by atoms with van der Waals surface area (Å²) >= 11 is 0. The number of aliphatic carboxylic acids is 1. The van der Waals surface area contributed by atoms with Crippen molar-refractivity contribution < 1.29 is 127 Å². The van der Waals surface area contributed by atoms with Gasteiger partial charge < -0.3 is 127 Å². The van der Waals surface area contributed by atoms with Crippen LogP contribution in [-0.4, -0.2) is 408 Å². The molecule has 0 radical (unpaired) electrons. The molecule has 142 heavy (non-hydrogen) atoms. The zero-order valence-corrected chi connectivity index (χ0v) is 86.2. The third kappa shape index (κ3) is 38.8. The lowest BCUT2D eigenvalue weighted by Gasteiger charge is -2.31. The number of aliphatic hydroxyl groups excluding tert-OH is 21. The second-order valence-electron chi connectivity index (χ2n) is 40.2. The SMILES string of the molecule is CC(O)=NC(C)(C)C(=O)N1CCC[C@H]1C(O)=NC(C)(C)C(O)=N[C@@H](C)C(O)=NC(C)(C)C(O)=N[C@@H](C)C(O)=N[C@@H](CCC(=N)O)C(O)=NC(C)(C)C(O)=N[C@H](C(O)=NC(C)(C)C(O)=NCC(O)=N[C@@H](CC(C)C)C(O)=NC(C)(C)C(=O)N1CCC[C@H]1C(O)=N[C@H](C(O)=NC(C)(C)C(O)=NC(C)(C)C(O)=N[C@@H](CCC(=O)O)C(O)=N[C@H](CCC(=N)O)C(O)=N[C@H](CNCCO)Cc1ccccc1)C(C)C)C(C)C. The molecule has 48 heteroatoms. The van der Waals surface area contributed by atoms with E-state index in [4.69, 9.17) is 10.8 Å². The number of carboxylic acids is 1. The molecule has 0 aromatic heterocycles. The number of likely N-dealkylation sites (tertiary alicyclic amines) is 2. The van der Waals surface area contributed by atoms with Gasteiger partial charge in [-0.1, -0.05) is 71.9 Å². The first kappa shape index (κ1) is 123. The number of hydrogen-bond donors (Lipinski definition) is 25. The molecule has 2 fully saturated rings. The standard InChI is InChI=1S/C94H155N23O25/c1-49(2)45-60(74(130)111-94(24,25)86(142)116-42-29-33-61(116)75(131)106-67(50(3)4)77(133)114-92(20,21)84(140)115-91(18,19)82(138)105-58(37-40-66(123)124)72(128)104-57(35-38-63(95)120)71(127)101-56(47-97-41-44-118)46-55-31-27-26-28-32-55)102-65(122)48-98-79(135)87(10,11)113-78(134)68(51(5)6)107-83(139)90(16,17)110-73(129)59(36-39-64(96)121)103-69(125)52(7)99-80(136)88(12,13)109-70(126)53(8)100-81(137)89(14,15)112-76(132)62-34-30-43-117(62)85(141)93(22,23)108-54(9)119/h26-28,31-32,49-53,56-62,67-68,97,118H,29-30,33-48H2,1-25H3,(H2,95,120)(H2,96,121)(H,98,135)(H,99,136)(H,100,137)(H,101,127)(H,102,122)(H,103,125)(H,104,128)(H,105,138)(H,106,131)(H,107,139)(H,108,119)(H,109,126)(H,110,129)(H,111,130)(H,112,132)(H,113,134)(H,114,133)(H,115,140)(H,123,124)/t52-,53-,56-,57+,58-,59-,60-,61-,62-,67-,68-/m0/s1. The van der Waals surface area contributed by atoms with Gasteiger partial charge in [-0.05, 0) is 206 Å². The van der Waals surface area contributed by atoms with Crippen LogP contribution in [0.25, 0.3) is 0 Å². The van der Waals surface area contributed by atoms with Gasteiger partial charge in [0.25, 0.3) is 11.8 Å². The number of aliphatic hydroxyl groups is 21. The number of carbonyl (C=O) groups is 3. The maximum Gasteiger partial charge on any atom is 0.303 e. The van der Waals surface area contributed by atoms with Gasteiger partial charge in [-0.3, -0.25) is 25.2 Å². The summed E-state index contributed by atoms with van der Waals surface area (Å²) in [7, 11) is 0. The summed E-state index contributed by atoms with van der Waals surface area (Å²) in [5.74, 6) is -18.5. The number of nitrogens with zero attached hydrogens (tertiary/aromatic N) is 20. The van der Waals surface area contributed by atoms with Crippen molar-refractivity contribution in [2.75, 3.05) is 39.3 Å². The Balaban J connectivity index is 1.92. The van der Waals surface area contributed by atoms with E-state index in [2.05, 4.69) is 95.2 Å². The zero-order valence-electron chi connectivity index (χ0n) is 86.2. The zero-order chi connectivity index (χ0) is 109. The van der Waals surface area contributed by atoms with Gasteiger partial charge in [0, 0.05) is 52.4 Å². The first-order valence-electron chi connectivity index (χ1n) is 46.9. The van der Waals surface area contributed by atoms with E-state index in [0.717, 1.165) is 5.56 Å². The Bertz CT molecular complexity index is 5070. The smallest absolute Gasteiger partial charge is 0.303 e. The third-order valence-electron chi connectivity index (χ3n) is 22.5. The fourth-order valence-corrected chi connectivity index (χ4v) is 14.2. The summed E-state index contributed by atoms with van der Waals surface area (Å²) in [5, 5.41) is 262. The van der Waals surface area contributed by atoms with Gasteiger partial charge in [-0.2, -0.15) is 0 Å². The Morgan fingerprint density at radius 3 is 1.27 bits per heavy atom. The molecule has 2 aliphatic heterocycles. The molecule has 0 aliphatic carbocycles. The van der Waals surface area contributed by atoms with E-state index < -0.39 is 278 Å². The molecular weight excluding hydrogens is 1850 g/mol. The highest BCUT2D eigenvalue weighted by atomic mass is 16.4. The number of carboxylic acid groups (broad SMARTS) is 1. The molecular formula is C94H155N23O25. The van der Waals surface area contributed by atoms with Crippen LogP contribution in [0.3, 0.4) is 0 Å². The van der Waals surface area contributed by atoms with Crippen molar-refractivity contribution in [2.24, 2.45) is 108 Å². The quantitative estimate of drug-likeness (QED) is 0.0164. The predicted molar refractivity (Wildman–Crippen MR) is 555 cm³/mol. The van der Waals surface area contributed by atoms with Crippen LogP contribution in [0.4, 0.5) is 0 Å². The van der Waals surface area contributed by atoms with E-state index in [1.165, 1.54) is 141 Å². The van der Waals surface area contributed by atoms with Crippen LogP contribution in [0.1, 0.15) is 249 Å². The molecule has 2 saturated heterocycles. The van der Waals surface area contributed by atoms with Crippen molar-refractivity contribution >= 4 is 136 Å².